The molecule has 0 aliphatic carbocycles. The first kappa shape index (κ1) is 11.0. The van der Waals surface area contributed by atoms with Crippen LogP contribution in [-0.2, 0) is 10.8 Å². The zero-order chi connectivity index (χ0) is 12.7. The van der Waals surface area contributed by atoms with E-state index in [0.717, 1.165) is 5.39 Å². The quantitative estimate of drug-likeness (QED) is 0.653. The lowest BCUT2D eigenvalue weighted by atomic mass is 10.2. The van der Waals surface area contributed by atoms with Crippen molar-refractivity contribution in [3.8, 4) is 0 Å². The Labute approximate surface area is 105 Å². The van der Waals surface area contributed by atoms with Crippen LogP contribution in [-0.4, -0.2) is 25.1 Å². The van der Waals surface area contributed by atoms with Crippen molar-refractivity contribution in [3.05, 3.63) is 46.8 Å². The predicted molar refractivity (Wildman–Crippen MR) is 69.1 cm³/mol. The summed E-state index contributed by atoms with van der Waals surface area (Å²) < 4.78 is 13.0. The molecule has 2 aromatic heterocycles. The van der Waals surface area contributed by atoms with Gasteiger partial charge in [-0.1, -0.05) is 24.3 Å². The second-order valence-corrected chi connectivity index (χ2v) is 5.14. The highest BCUT2D eigenvalue weighted by Crippen LogP contribution is 2.10. The lowest BCUT2D eigenvalue weighted by Gasteiger charge is -1.89. The normalized spacial score (nSPS) is 12.9. The van der Waals surface area contributed by atoms with Gasteiger partial charge < -0.3 is 0 Å². The molecular weight excluding hydrogens is 250 g/mol. The van der Waals surface area contributed by atoms with Crippen molar-refractivity contribution >= 4 is 27.2 Å². The van der Waals surface area contributed by atoms with Gasteiger partial charge in [0.25, 0.3) is 0 Å². The van der Waals surface area contributed by atoms with Crippen molar-refractivity contribution in [2.24, 2.45) is 0 Å². The molecule has 0 fully saturated rings. The molecule has 0 saturated carbocycles. The van der Waals surface area contributed by atoms with Crippen LogP contribution in [0.25, 0.3) is 16.4 Å². The molecule has 0 saturated heterocycles. The summed E-state index contributed by atoms with van der Waals surface area (Å²) in [6, 6.07) is 9.06. The number of aromatic nitrogens is 3. The van der Waals surface area contributed by atoms with E-state index in [1.807, 2.05) is 12.1 Å². The van der Waals surface area contributed by atoms with Crippen LogP contribution >= 0.6 is 0 Å². The molecule has 0 amide bonds. The van der Waals surface area contributed by atoms with E-state index < -0.39 is 10.8 Å². The van der Waals surface area contributed by atoms with Crippen LogP contribution in [0.15, 0.2) is 46.5 Å². The molecule has 0 radical (unpaired) electrons. The van der Waals surface area contributed by atoms with Crippen molar-refractivity contribution < 1.29 is 4.21 Å². The van der Waals surface area contributed by atoms with Gasteiger partial charge in [-0.3, -0.25) is 13.4 Å². The SMILES string of the molecule is CS(=O)c1nnc2c(=O)c3ccccc3ccn12. The summed E-state index contributed by atoms with van der Waals surface area (Å²) in [5, 5.41) is 9.32. The molecule has 18 heavy (non-hydrogen) atoms. The fourth-order valence-corrected chi connectivity index (χ4v) is 2.47. The minimum Gasteiger partial charge on any atom is -0.285 e. The van der Waals surface area contributed by atoms with Gasteiger partial charge in [0.15, 0.2) is 0 Å². The lowest BCUT2D eigenvalue weighted by molar-refractivity contribution is 0.678. The fourth-order valence-electron chi connectivity index (χ4n) is 1.89. The summed E-state index contributed by atoms with van der Waals surface area (Å²) >= 11 is 0. The van der Waals surface area contributed by atoms with Gasteiger partial charge in [-0.15, -0.1) is 10.2 Å². The van der Waals surface area contributed by atoms with E-state index in [0.29, 0.717) is 5.39 Å². The lowest BCUT2D eigenvalue weighted by Crippen LogP contribution is -2.02. The van der Waals surface area contributed by atoms with Gasteiger partial charge in [-0.2, -0.15) is 0 Å². The average Bonchev–Trinajstić information content (AvgIpc) is 2.74. The highest BCUT2D eigenvalue weighted by Gasteiger charge is 2.11. The third-order valence-electron chi connectivity index (χ3n) is 2.73. The van der Waals surface area contributed by atoms with Crippen molar-refractivity contribution in [2.75, 3.05) is 6.26 Å². The van der Waals surface area contributed by atoms with Crippen LogP contribution in [0.3, 0.4) is 0 Å². The largest absolute Gasteiger partial charge is 0.285 e. The zero-order valence-electron chi connectivity index (χ0n) is 9.53. The van der Waals surface area contributed by atoms with E-state index in [2.05, 4.69) is 10.2 Å². The third-order valence-corrected chi connectivity index (χ3v) is 3.53. The Hall–Kier alpha value is -2.08. The summed E-state index contributed by atoms with van der Waals surface area (Å²) in [6.07, 6.45) is 3.18. The number of nitrogens with zero attached hydrogens (tertiary/aromatic N) is 3. The van der Waals surface area contributed by atoms with E-state index in [1.54, 1.807) is 24.4 Å². The summed E-state index contributed by atoms with van der Waals surface area (Å²) in [7, 11) is -1.29. The van der Waals surface area contributed by atoms with E-state index in [4.69, 9.17) is 0 Å². The highest BCUT2D eigenvalue weighted by molar-refractivity contribution is 7.84. The Morgan fingerprint density at radius 2 is 1.94 bits per heavy atom. The Bertz CT molecular complexity index is 841. The maximum Gasteiger partial charge on any atom is 0.231 e. The molecule has 0 N–H and O–H groups in total. The number of hydrogen-bond acceptors (Lipinski definition) is 4. The Kier molecular flexibility index (Phi) is 2.45. The van der Waals surface area contributed by atoms with Gasteiger partial charge in [0.1, 0.15) is 0 Å². The van der Waals surface area contributed by atoms with Crippen molar-refractivity contribution in [3.63, 3.8) is 0 Å². The second-order valence-electron chi connectivity index (χ2n) is 3.86. The maximum absolute atomic E-state index is 12.3. The van der Waals surface area contributed by atoms with Gasteiger partial charge in [0, 0.05) is 17.8 Å². The van der Waals surface area contributed by atoms with Gasteiger partial charge in [0.2, 0.25) is 16.2 Å². The standard InChI is InChI=1S/C12H9N3O2S/c1-18(17)12-14-13-11-10(16)9-5-3-2-4-8(9)6-7-15(11)12/h2-7H,1H3. The molecule has 0 aliphatic rings. The molecule has 1 aromatic carbocycles. The van der Waals surface area contributed by atoms with Crippen LogP contribution < -0.4 is 5.43 Å². The summed E-state index contributed by atoms with van der Waals surface area (Å²) in [6.45, 7) is 0. The van der Waals surface area contributed by atoms with Crippen LogP contribution in [0.4, 0.5) is 0 Å². The van der Waals surface area contributed by atoms with Gasteiger partial charge in [-0.25, -0.2) is 0 Å². The first-order valence-electron chi connectivity index (χ1n) is 5.29. The van der Waals surface area contributed by atoms with Crippen molar-refractivity contribution in [1.29, 1.82) is 0 Å². The first-order valence-corrected chi connectivity index (χ1v) is 6.84. The minimum absolute atomic E-state index is 0.196. The van der Waals surface area contributed by atoms with E-state index >= 15 is 0 Å². The molecule has 3 aromatic rings. The molecule has 1 atom stereocenters. The first-order chi connectivity index (χ1) is 8.68. The van der Waals surface area contributed by atoms with Gasteiger partial charge in [0.05, 0.1) is 10.8 Å². The van der Waals surface area contributed by atoms with Crippen LogP contribution in [0.5, 0.6) is 0 Å². The Morgan fingerprint density at radius 1 is 1.17 bits per heavy atom. The second kappa shape index (κ2) is 3.99. The molecule has 2 heterocycles. The van der Waals surface area contributed by atoms with Crippen LogP contribution in [0.1, 0.15) is 0 Å². The van der Waals surface area contributed by atoms with Crippen molar-refractivity contribution in [2.45, 2.75) is 5.16 Å². The number of rotatable bonds is 1. The highest BCUT2D eigenvalue weighted by atomic mass is 32.2. The van der Waals surface area contributed by atoms with E-state index in [1.165, 1.54) is 10.7 Å². The topological polar surface area (TPSA) is 64.3 Å². The number of fused-ring (bicyclic) bond motifs is 2. The maximum atomic E-state index is 12.3. The fraction of sp³-hybridized carbons (Fsp3) is 0.0833. The monoisotopic (exact) mass is 259 g/mol. The Balaban J connectivity index is 2.59. The molecule has 0 bridgehead atoms. The summed E-state index contributed by atoms with van der Waals surface area (Å²) in [4.78, 5) is 12.3. The molecule has 1 unspecified atom stereocenters. The molecule has 0 aliphatic heterocycles. The predicted octanol–water partition coefficient (Wildman–Crippen LogP) is 0.980. The van der Waals surface area contributed by atoms with E-state index in [9.17, 15) is 9.00 Å². The van der Waals surface area contributed by atoms with Crippen LogP contribution in [0.2, 0.25) is 0 Å². The molecule has 0 spiro atoms. The summed E-state index contributed by atoms with van der Waals surface area (Å²) in [5.74, 6) is 0. The summed E-state index contributed by atoms with van der Waals surface area (Å²) in [5.41, 5.74) is -0.0128. The molecule has 5 nitrogen and oxygen atoms in total. The third kappa shape index (κ3) is 1.53. The van der Waals surface area contributed by atoms with Gasteiger partial charge >= 0.3 is 0 Å². The minimum atomic E-state index is -1.29. The van der Waals surface area contributed by atoms with E-state index in [-0.39, 0.29) is 16.2 Å². The smallest absolute Gasteiger partial charge is 0.231 e. The van der Waals surface area contributed by atoms with Gasteiger partial charge in [-0.05, 0) is 11.5 Å². The molecule has 3 rings (SSSR count). The molecule has 6 heteroatoms. The average molecular weight is 259 g/mol. The molecule has 90 valence electrons. The van der Waals surface area contributed by atoms with Crippen molar-refractivity contribution in [1.82, 2.24) is 14.6 Å². The molecular formula is C12H9N3O2S. The Morgan fingerprint density at radius 3 is 2.72 bits per heavy atom. The zero-order valence-corrected chi connectivity index (χ0v) is 10.3. The van der Waals surface area contributed by atoms with Crippen LogP contribution in [0, 0.1) is 0 Å². The number of hydrogen-bond donors (Lipinski definition) is 0. The number of benzene rings is 1.